The Balaban J connectivity index is 2.19. The Morgan fingerprint density at radius 2 is 2.20 bits per heavy atom. The largest absolute Gasteiger partial charge is 0.311 e. The standard InChI is InChI=1S/C9H6IN3OS/c10-7-4-2-1-3-6(7)9(14)12-8-5-11-13-15-8/h1-5H,(H,12,14). The van der Waals surface area contributed by atoms with E-state index in [1.165, 1.54) is 6.20 Å². The fraction of sp³-hybridized carbons (Fsp3) is 0. The van der Waals surface area contributed by atoms with E-state index in [0.29, 0.717) is 10.6 Å². The molecule has 0 saturated carbocycles. The number of nitrogens with zero attached hydrogens (tertiary/aromatic N) is 2. The number of hydrogen-bond donors (Lipinski definition) is 1. The van der Waals surface area contributed by atoms with Crippen molar-refractivity contribution in [3.05, 3.63) is 39.6 Å². The maximum atomic E-state index is 11.8. The van der Waals surface area contributed by atoms with E-state index in [4.69, 9.17) is 0 Å². The van der Waals surface area contributed by atoms with Gasteiger partial charge in [-0.1, -0.05) is 16.6 Å². The van der Waals surface area contributed by atoms with Crippen molar-refractivity contribution in [2.75, 3.05) is 5.32 Å². The molecule has 1 aromatic heterocycles. The molecule has 1 aromatic carbocycles. The number of halogens is 1. The van der Waals surface area contributed by atoms with Crippen molar-refractivity contribution in [2.45, 2.75) is 0 Å². The van der Waals surface area contributed by atoms with Crippen molar-refractivity contribution in [3.63, 3.8) is 0 Å². The van der Waals surface area contributed by atoms with Gasteiger partial charge in [-0.2, -0.15) is 0 Å². The number of anilines is 1. The van der Waals surface area contributed by atoms with Crippen molar-refractivity contribution in [3.8, 4) is 0 Å². The molecule has 0 fully saturated rings. The molecule has 2 aromatic rings. The van der Waals surface area contributed by atoms with Crippen molar-refractivity contribution >= 4 is 45.0 Å². The zero-order valence-electron chi connectivity index (χ0n) is 7.48. The summed E-state index contributed by atoms with van der Waals surface area (Å²) in [4.78, 5) is 11.8. The Morgan fingerprint density at radius 3 is 2.87 bits per heavy atom. The highest BCUT2D eigenvalue weighted by Gasteiger charge is 2.09. The Morgan fingerprint density at radius 1 is 1.40 bits per heavy atom. The average molecular weight is 331 g/mol. The number of carbonyl (C=O) groups is 1. The molecule has 0 aliphatic rings. The lowest BCUT2D eigenvalue weighted by Crippen LogP contribution is -2.12. The zero-order chi connectivity index (χ0) is 10.7. The van der Waals surface area contributed by atoms with Crippen molar-refractivity contribution in [1.82, 2.24) is 9.59 Å². The van der Waals surface area contributed by atoms with Crippen LogP contribution in [0.2, 0.25) is 0 Å². The van der Waals surface area contributed by atoms with Crippen molar-refractivity contribution in [1.29, 1.82) is 0 Å². The predicted molar refractivity (Wildman–Crippen MR) is 67.0 cm³/mol. The number of rotatable bonds is 2. The van der Waals surface area contributed by atoms with E-state index in [1.807, 2.05) is 18.2 Å². The van der Waals surface area contributed by atoms with Crippen LogP contribution in [-0.2, 0) is 0 Å². The van der Waals surface area contributed by atoms with Gasteiger partial charge >= 0.3 is 0 Å². The third-order valence-electron chi connectivity index (χ3n) is 1.72. The molecule has 1 heterocycles. The van der Waals surface area contributed by atoms with Crippen molar-refractivity contribution in [2.24, 2.45) is 0 Å². The molecule has 0 bridgehead atoms. The summed E-state index contributed by atoms with van der Waals surface area (Å²) in [6.07, 6.45) is 1.53. The van der Waals surface area contributed by atoms with E-state index >= 15 is 0 Å². The lowest BCUT2D eigenvalue weighted by molar-refractivity contribution is 0.102. The first-order chi connectivity index (χ1) is 7.27. The van der Waals surface area contributed by atoms with Crippen molar-refractivity contribution < 1.29 is 4.79 Å². The molecule has 1 amide bonds. The summed E-state index contributed by atoms with van der Waals surface area (Å²) in [5.41, 5.74) is 0.659. The summed E-state index contributed by atoms with van der Waals surface area (Å²) in [5.74, 6) is -0.133. The molecule has 0 spiro atoms. The molecule has 0 saturated heterocycles. The van der Waals surface area contributed by atoms with E-state index in [9.17, 15) is 4.79 Å². The Bertz CT molecular complexity index is 472. The van der Waals surface area contributed by atoms with Crippen LogP contribution >= 0.6 is 34.1 Å². The number of aromatic nitrogens is 2. The van der Waals surface area contributed by atoms with Gasteiger partial charge in [0.25, 0.3) is 5.91 Å². The van der Waals surface area contributed by atoms with E-state index < -0.39 is 0 Å². The average Bonchev–Trinajstić information content (AvgIpc) is 2.71. The third-order valence-corrected chi connectivity index (χ3v) is 3.24. The SMILES string of the molecule is O=C(Nc1cnns1)c1ccccc1I. The Labute approximate surface area is 104 Å². The first-order valence-electron chi connectivity index (χ1n) is 4.10. The van der Waals surface area contributed by atoms with Crippen LogP contribution in [0, 0.1) is 3.57 Å². The van der Waals surface area contributed by atoms with E-state index in [2.05, 4.69) is 37.5 Å². The monoisotopic (exact) mass is 331 g/mol. The van der Waals surface area contributed by atoms with Gasteiger partial charge < -0.3 is 5.32 Å². The molecule has 0 unspecified atom stereocenters. The fourth-order valence-electron chi connectivity index (χ4n) is 1.05. The molecule has 4 nitrogen and oxygen atoms in total. The van der Waals surface area contributed by atoms with Crippen LogP contribution in [0.5, 0.6) is 0 Å². The predicted octanol–water partition coefficient (Wildman–Crippen LogP) is 2.40. The molecule has 0 aliphatic heterocycles. The maximum absolute atomic E-state index is 11.8. The molecule has 0 radical (unpaired) electrons. The second kappa shape index (κ2) is 4.67. The lowest BCUT2D eigenvalue weighted by atomic mass is 10.2. The van der Waals surface area contributed by atoms with E-state index in [0.717, 1.165) is 15.1 Å². The molecule has 76 valence electrons. The maximum Gasteiger partial charge on any atom is 0.257 e. The summed E-state index contributed by atoms with van der Waals surface area (Å²) in [6.45, 7) is 0. The van der Waals surface area contributed by atoms with Crippen LogP contribution in [0.3, 0.4) is 0 Å². The second-order valence-corrected chi connectivity index (χ2v) is 4.66. The number of nitrogens with one attached hydrogen (secondary N) is 1. The minimum absolute atomic E-state index is 0.133. The van der Waals surface area contributed by atoms with Gasteiger partial charge in [-0.25, -0.2) is 0 Å². The first kappa shape index (κ1) is 10.5. The highest BCUT2D eigenvalue weighted by molar-refractivity contribution is 14.1. The van der Waals surface area contributed by atoms with Crippen LogP contribution in [-0.4, -0.2) is 15.5 Å². The van der Waals surface area contributed by atoms with E-state index in [1.54, 1.807) is 6.07 Å². The smallest absolute Gasteiger partial charge is 0.257 e. The van der Waals surface area contributed by atoms with Crippen LogP contribution in [0.15, 0.2) is 30.5 Å². The molecule has 15 heavy (non-hydrogen) atoms. The summed E-state index contributed by atoms with van der Waals surface area (Å²) in [7, 11) is 0. The van der Waals surface area contributed by atoms with Crippen LogP contribution in [0.4, 0.5) is 5.00 Å². The number of hydrogen-bond acceptors (Lipinski definition) is 4. The van der Waals surface area contributed by atoms with Gasteiger partial charge in [-0.15, -0.1) is 5.10 Å². The molecular formula is C9H6IN3OS. The molecular weight excluding hydrogens is 325 g/mol. The Hall–Kier alpha value is -1.02. The van der Waals surface area contributed by atoms with Gasteiger partial charge in [0.1, 0.15) is 5.00 Å². The summed E-state index contributed by atoms with van der Waals surface area (Å²) in [6, 6.07) is 7.40. The van der Waals surface area contributed by atoms with Gasteiger partial charge in [0.15, 0.2) is 0 Å². The summed E-state index contributed by atoms with van der Waals surface area (Å²) < 4.78 is 4.59. The molecule has 1 N–H and O–H groups in total. The number of amides is 1. The molecule has 0 atom stereocenters. The van der Waals surface area contributed by atoms with E-state index in [-0.39, 0.29) is 5.91 Å². The highest BCUT2D eigenvalue weighted by Crippen LogP contribution is 2.15. The van der Waals surface area contributed by atoms with Gasteiger partial charge in [0, 0.05) is 15.1 Å². The minimum atomic E-state index is -0.133. The second-order valence-electron chi connectivity index (χ2n) is 2.72. The zero-order valence-corrected chi connectivity index (χ0v) is 10.4. The molecule has 6 heteroatoms. The van der Waals surface area contributed by atoms with Gasteiger partial charge in [0.05, 0.1) is 11.8 Å². The van der Waals surface area contributed by atoms with Crippen LogP contribution < -0.4 is 5.32 Å². The molecule has 0 aliphatic carbocycles. The first-order valence-corrected chi connectivity index (χ1v) is 5.96. The third kappa shape index (κ3) is 2.51. The summed E-state index contributed by atoms with van der Waals surface area (Å²) in [5, 5.41) is 7.02. The van der Waals surface area contributed by atoms with Gasteiger partial charge in [-0.3, -0.25) is 4.79 Å². The summed E-state index contributed by atoms with van der Waals surface area (Å²) >= 11 is 3.28. The van der Waals surface area contributed by atoms with Crippen LogP contribution in [0.25, 0.3) is 0 Å². The van der Waals surface area contributed by atoms with Gasteiger partial charge in [-0.05, 0) is 34.7 Å². The van der Waals surface area contributed by atoms with Gasteiger partial charge in [0.2, 0.25) is 0 Å². The minimum Gasteiger partial charge on any atom is -0.311 e. The quantitative estimate of drug-likeness (QED) is 0.860. The van der Waals surface area contributed by atoms with Crippen LogP contribution in [0.1, 0.15) is 10.4 Å². The topological polar surface area (TPSA) is 54.9 Å². The lowest BCUT2D eigenvalue weighted by Gasteiger charge is -2.03. The highest BCUT2D eigenvalue weighted by atomic mass is 127. The Kier molecular flexibility index (Phi) is 3.27. The normalized spacial score (nSPS) is 9.93. The number of carbonyl (C=O) groups excluding carboxylic acids is 1. The number of benzene rings is 1. The molecule has 2 rings (SSSR count). The fourth-order valence-corrected chi connectivity index (χ4v) is 2.09.